The molecular weight excluding hydrogens is 290 g/mol. The number of amides is 2. The van der Waals surface area contributed by atoms with E-state index in [0.29, 0.717) is 0 Å². The topological polar surface area (TPSA) is 110 Å². The standard InChI is InChI=1S/C10H17N3O4S2/c1-3-7(9(11)18)19(16,17)12-6-4-5-8(14)13(2)10(6)15/h6-7,12H,3-5H2,1-2H3,(H2,11,18). The largest absolute Gasteiger partial charge is 0.392 e. The molecule has 7 nitrogen and oxygen atoms in total. The van der Waals surface area contributed by atoms with E-state index in [4.69, 9.17) is 18.0 Å². The first-order valence-electron chi connectivity index (χ1n) is 5.81. The number of carbonyl (C=O) groups excluding carboxylic acids is 2. The van der Waals surface area contributed by atoms with Crippen molar-refractivity contribution in [1.82, 2.24) is 9.62 Å². The Morgan fingerprint density at radius 2 is 2.16 bits per heavy atom. The Kier molecular flexibility index (Phi) is 4.99. The van der Waals surface area contributed by atoms with Gasteiger partial charge in [-0.1, -0.05) is 19.1 Å². The molecule has 1 saturated heterocycles. The zero-order chi connectivity index (χ0) is 14.8. The fourth-order valence-electron chi connectivity index (χ4n) is 1.88. The summed E-state index contributed by atoms with van der Waals surface area (Å²) in [6.07, 6.45) is 0.495. The quantitative estimate of drug-likeness (QED) is 0.504. The van der Waals surface area contributed by atoms with Gasteiger partial charge in [0.15, 0.2) is 0 Å². The molecule has 1 fully saturated rings. The number of piperidine rings is 1. The van der Waals surface area contributed by atoms with Crippen molar-refractivity contribution in [3.63, 3.8) is 0 Å². The van der Waals surface area contributed by atoms with Crippen LogP contribution < -0.4 is 10.5 Å². The number of carbonyl (C=O) groups is 2. The molecule has 0 bridgehead atoms. The number of sulfonamides is 1. The highest BCUT2D eigenvalue weighted by Crippen LogP contribution is 2.14. The van der Waals surface area contributed by atoms with Gasteiger partial charge in [0.1, 0.15) is 11.3 Å². The first kappa shape index (κ1) is 16.0. The number of likely N-dealkylation sites (N-methyl/N-ethyl adjacent to an activating group) is 1. The van der Waals surface area contributed by atoms with Crippen LogP contribution in [0.4, 0.5) is 0 Å². The lowest BCUT2D eigenvalue weighted by atomic mass is 10.1. The number of rotatable bonds is 5. The van der Waals surface area contributed by atoms with Crippen LogP contribution in [0, 0.1) is 0 Å². The summed E-state index contributed by atoms with van der Waals surface area (Å²) < 4.78 is 26.4. The van der Waals surface area contributed by atoms with E-state index >= 15 is 0 Å². The number of nitrogens with two attached hydrogens (primary N) is 1. The van der Waals surface area contributed by atoms with Gasteiger partial charge in [-0.15, -0.1) is 0 Å². The highest BCUT2D eigenvalue weighted by atomic mass is 32.2. The summed E-state index contributed by atoms with van der Waals surface area (Å²) in [6, 6.07) is -0.934. The Hall–Kier alpha value is -1.06. The zero-order valence-corrected chi connectivity index (χ0v) is 12.4. The number of hydrogen-bond donors (Lipinski definition) is 2. The van der Waals surface area contributed by atoms with Crippen LogP contribution in [-0.4, -0.2) is 48.5 Å². The van der Waals surface area contributed by atoms with E-state index in [-0.39, 0.29) is 30.2 Å². The molecule has 19 heavy (non-hydrogen) atoms. The summed E-state index contributed by atoms with van der Waals surface area (Å²) in [5.41, 5.74) is 5.39. The maximum Gasteiger partial charge on any atom is 0.247 e. The first-order chi connectivity index (χ1) is 8.70. The average molecular weight is 307 g/mol. The molecule has 0 saturated carbocycles. The van der Waals surface area contributed by atoms with E-state index in [2.05, 4.69) is 4.72 Å². The van der Waals surface area contributed by atoms with Gasteiger partial charge < -0.3 is 5.73 Å². The number of nitrogens with zero attached hydrogens (tertiary/aromatic N) is 1. The Balaban J connectivity index is 2.87. The van der Waals surface area contributed by atoms with Gasteiger partial charge in [0, 0.05) is 13.5 Å². The SMILES string of the molecule is CCC(C(N)=S)S(=O)(=O)NC1CCC(=O)N(C)C1=O. The molecule has 0 spiro atoms. The minimum absolute atomic E-state index is 0.124. The highest BCUT2D eigenvalue weighted by molar-refractivity contribution is 7.93. The molecule has 9 heteroatoms. The van der Waals surface area contributed by atoms with Crippen molar-refractivity contribution in [2.45, 2.75) is 37.5 Å². The Labute approximate surface area is 117 Å². The predicted octanol–water partition coefficient (Wildman–Crippen LogP) is -0.882. The van der Waals surface area contributed by atoms with Gasteiger partial charge in [-0.25, -0.2) is 13.1 Å². The molecule has 1 aliphatic rings. The number of nitrogens with one attached hydrogen (secondary N) is 1. The number of hydrogen-bond acceptors (Lipinski definition) is 5. The molecule has 2 unspecified atom stereocenters. The Morgan fingerprint density at radius 1 is 1.58 bits per heavy atom. The van der Waals surface area contributed by atoms with Crippen molar-refractivity contribution in [2.24, 2.45) is 5.73 Å². The van der Waals surface area contributed by atoms with Crippen LogP contribution in [0.2, 0.25) is 0 Å². The van der Waals surface area contributed by atoms with E-state index in [0.717, 1.165) is 4.90 Å². The normalized spacial score (nSPS) is 22.4. The molecule has 0 aromatic heterocycles. The number of thiocarbonyl (C=S) groups is 1. The fourth-order valence-corrected chi connectivity index (χ4v) is 3.95. The molecule has 108 valence electrons. The first-order valence-corrected chi connectivity index (χ1v) is 7.77. The second-order valence-corrected chi connectivity index (χ2v) is 6.71. The lowest BCUT2D eigenvalue weighted by molar-refractivity contribution is -0.147. The summed E-state index contributed by atoms with van der Waals surface area (Å²) in [4.78, 5) is 23.9. The van der Waals surface area contributed by atoms with Crippen molar-refractivity contribution >= 4 is 39.0 Å². The van der Waals surface area contributed by atoms with Gasteiger partial charge in [-0.3, -0.25) is 14.5 Å². The molecule has 1 heterocycles. The Morgan fingerprint density at radius 3 is 2.63 bits per heavy atom. The highest BCUT2D eigenvalue weighted by Gasteiger charge is 2.37. The lowest BCUT2D eigenvalue weighted by Crippen LogP contribution is -2.55. The van der Waals surface area contributed by atoms with E-state index in [1.807, 2.05) is 0 Å². The van der Waals surface area contributed by atoms with Crippen LogP contribution in [-0.2, 0) is 19.6 Å². The van der Waals surface area contributed by atoms with Crippen LogP contribution >= 0.6 is 12.2 Å². The molecular formula is C10H17N3O4S2. The van der Waals surface area contributed by atoms with Crippen LogP contribution in [0.15, 0.2) is 0 Å². The maximum absolute atomic E-state index is 12.1. The lowest BCUT2D eigenvalue weighted by Gasteiger charge is -2.29. The second kappa shape index (κ2) is 5.93. The van der Waals surface area contributed by atoms with Crippen molar-refractivity contribution in [2.75, 3.05) is 7.05 Å². The van der Waals surface area contributed by atoms with Gasteiger partial charge in [0.05, 0.1) is 4.99 Å². The fraction of sp³-hybridized carbons (Fsp3) is 0.700. The summed E-state index contributed by atoms with van der Waals surface area (Å²) in [7, 11) is -2.49. The van der Waals surface area contributed by atoms with E-state index < -0.39 is 27.2 Å². The summed E-state index contributed by atoms with van der Waals surface area (Å²) >= 11 is 4.71. The third-order valence-corrected chi connectivity index (χ3v) is 5.40. The van der Waals surface area contributed by atoms with Gasteiger partial charge >= 0.3 is 0 Å². The number of likely N-dealkylation sites (tertiary alicyclic amines) is 1. The average Bonchev–Trinajstić information content (AvgIpc) is 2.30. The van der Waals surface area contributed by atoms with Crippen molar-refractivity contribution in [3.8, 4) is 0 Å². The van der Waals surface area contributed by atoms with Crippen LogP contribution in [0.3, 0.4) is 0 Å². The second-order valence-electron chi connectivity index (χ2n) is 4.34. The minimum atomic E-state index is -3.82. The van der Waals surface area contributed by atoms with Gasteiger partial charge in [-0.2, -0.15) is 0 Å². The Bertz CT molecular complexity index is 503. The zero-order valence-electron chi connectivity index (χ0n) is 10.8. The molecule has 2 atom stereocenters. The van der Waals surface area contributed by atoms with Crippen LogP contribution in [0.5, 0.6) is 0 Å². The molecule has 0 aromatic rings. The maximum atomic E-state index is 12.1. The monoisotopic (exact) mass is 307 g/mol. The molecule has 1 aliphatic heterocycles. The van der Waals surface area contributed by atoms with Gasteiger partial charge in [0.25, 0.3) is 0 Å². The molecule has 0 radical (unpaired) electrons. The smallest absolute Gasteiger partial charge is 0.247 e. The number of imide groups is 1. The van der Waals surface area contributed by atoms with Crippen molar-refractivity contribution in [3.05, 3.63) is 0 Å². The minimum Gasteiger partial charge on any atom is -0.392 e. The molecule has 2 amide bonds. The van der Waals surface area contributed by atoms with Gasteiger partial charge in [0.2, 0.25) is 21.8 Å². The summed E-state index contributed by atoms with van der Waals surface area (Å²) in [6.45, 7) is 1.64. The van der Waals surface area contributed by atoms with Crippen molar-refractivity contribution < 1.29 is 18.0 Å². The van der Waals surface area contributed by atoms with Crippen molar-refractivity contribution in [1.29, 1.82) is 0 Å². The molecule has 0 aliphatic carbocycles. The van der Waals surface area contributed by atoms with E-state index in [1.165, 1.54) is 7.05 Å². The van der Waals surface area contributed by atoms with Crippen LogP contribution in [0.25, 0.3) is 0 Å². The third-order valence-electron chi connectivity index (χ3n) is 3.02. The molecule has 1 rings (SSSR count). The third kappa shape index (κ3) is 3.48. The molecule has 0 aromatic carbocycles. The summed E-state index contributed by atoms with van der Waals surface area (Å²) in [5.74, 6) is -0.876. The van der Waals surface area contributed by atoms with Crippen LogP contribution in [0.1, 0.15) is 26.2 Å². The summed E-state index contributed by atoms with van der Waals surface area (Å²) in [5, 5.41) is -1.02. The van der Waals surface area contributed by atoms with Gasteiger partial charge in [-0.05, 0) is 12.8 Å². The van der Waals surface area contributed by atoms with E-state index in [9.17, 15) is 18.0 Å². The van der Waals surface area contributed by atoms with E-state index in [1.54, 1.807) is 6.92 Å². The predicted molar refractivity (Wildman–Crippen MR) is 73.7 cm³/mol. The molecule has 3 N–H and O–H groups in total.